The Hall–Kier alpha value is -2.12. The topological polar surface area (TPSA) is 50.7 Å². The molecule has 0 aliphatic heterocycles. The predicted octanol–water partition coefficient (Wildman–Crippen LogP) is 4.14. The van der Waals surface area contributed by atoms with Gasteiger partial charge >= 0.3 is 0 Å². The molecule has 1 aromatic carbocycles. The van der Waals surface area contributed by atoms with Crippen molar-refractivity contribution in [1.82, 2.24) is 15.0 Å². The molecule has 3 aromatic rings. The first-order valence-corrected chi connectivity index (χ1v) is 7.44. The summed E-state index contributed by atoms with van der Waals surface area (Å²) in [5.74, 6) is -0.838. The molecule has 22 heavy (non-hydrogen) atoms. The molecule has 0 spiro atoms. The Bertz CT molecular complexity index is 792. The molecule has 0 bridgehead atoms. The van der Waals surface area contributed by atoms with E-state index in [-0.39, 0.29) is 16.8 Å². The summed E-state index contributed by atoms with van der Waals surface area (Å²) in [6.45, 7) is 0.486. The lowest BCUT2D eigenvalue weighted by Gasteiger charge is -2.02. The summed E-state index contributed by atoms with van der Waals surface area (Å²) >= 11 is 6.92. The Morgan fingerprint density at radius 3 is 2.64 bits per heavy atom. The Balaban J connectivity index is 1.73. The molecule has 0 amide bonds. The maximum atomic E-state index is 13.7. The van der Waals surface area contributed by atoms with Gasteiger partial charge in [0.25, 0.3) is 0 Å². The van der Waals surface area contributed by atoms with Crippen LogP contribution in [0.1, 0.15) is 5.56 Å². The van der Waals surface area contributed by atoms with Gasteiger partial charge in [-0.05, 0) is 29.3 Å². The number of thiazole rings is 1. The maximum Gasteiger partial charge on any atom is 0.223 e. The second-order valence-electron chi connectivity index (χ2n) is 4.35. The molecule has 0 unspecified atom stereocenters. The maximum absolute atomic E-state index is 13.7. The normalized spacial score (nSPS) is 10.7. The molecule has 3 rings (SSSR count). The number of halogens is 3. The van der Waals surface area contributed by atoms with Crippen LogP contribution in [0.15, 0.2) is 36.7 Å². The Kier molecular flexibility index (Phi) is 4.26. The van der Waals surface area contributed by atoms with Gasteiger partial charge in [-0.25, -0.2) is 23.7 Å². The van der Waals surface area contributed by atoms with Crippen molar-refractivity contribution in [3.8, 4) is 10.6 Å². The third-order valence-electron chi connectivity index (χ3n) is 2.81. The van der Waals surface area contributed by atoms with Gasteiger partial charge < -0.3 is 5.32 Å². The van der Waals surface area contributed by atoms with Crippen molar-refractivity contribution in [2.75, 3.05) is 5.32 Å². The monoisotopic (exact) mass is 338 g/mol. The van der Waals surface area contributed by atoms with Crippen LogP contribution in [0.25, 0.3) is 10.6 Å². The first-order chi connectivity index (χ1) is 10.6. The standard InChI is InChI=1S/C14H9ClF2N4S/c15-13-18-6-10(17)12(21-13)11-7-20-14(22-11)19-5-8-1-3-9(16)4-2-8/h1-4,6-7H,5H2,(H,19,20). The van der Waals surface area contributed by atoms with Gasteiger partial charge in [-0.2, -0.15) is 0 Å². The van der Waals surface area contributed by atoms with Crippen LogP contribution in [0.4, 0.5) is 13.9 Å². The molecular formula is C14H9ClF2N4S. The number of nitrogens with zero attached hydrogens (tertiary/aromatic N) is 3. The molecule has 8 heteroatoms. The van der Waals surface area contributed by atoms with E-state index in [4.69, 9.17) is 11.6 Å². The van der Waals surface area contributed by atoms with Gasteiger partial charge in [0.2, 0.25) is 5.28 Å². The molecule has 0 saturated carbocycles. The van der Waals surface area contributed by atoms with Gasteiger partial charge in [-0.3, -0.25) is 0 Å². The lowest BCUT2D eigenvalue weighted by molar-refractivity contribution is 0.618. The first-order valence-electron chi connectivity index (χ1n) is 6.24. The molecule has 2 aromatic heterocycles. The van der Waals surface area contributed by atoms with Gasteiger partial charge in [0, 0.05) is 12.7 Å². The van der Waals surface area contributed by atoms with Crippen LogP contribution in [0, 0.1) is 11.6 Å². The fourth-order valence-electron chi connectivity index (χ4n) is 1.76. The number of rotatable bonds is 4. The third kappa shape index (κ3) is 3.37. The van der Waals surface area contributed by atoms with Crippen molar-refractivity contribution in [3.63, 3.8) is 0 Å². The van der Waals surface area contributed by atoms with Crippen LogP contribution >= 0.6 is 22.9 Å². The van der Waals surface area contributed by atoms with E-state index in [0.29, 0.717) is 16.6 Å². The van der Waals surface area contributed by atoms with Gasteiger partial charge in [-0.15, -0.1) is 0 Å². The van der Waals surface area contributed by atoms with E-state index in [9.17, 15) is 8.78 Å². The average Bonchev–Trinajstić information content (AvgIpc) is 2.98. The minimum absolute atomic E-state index is 0.0226. The van der Waals surface area contributed by atoms with Crippen LogP contribution in [0.3, 0.4) is 0 Å². The summed E-state index contributed by atoms with van der Waals surface area (Å²) in [5, 5.41) is 3.67. The number of hydrogen-bond acceptors (Lipinski definition) is 5. The molecule has 2 heterocycles. The van der Waals surface area contributed by atoms with Gasteiger partial charge in [-0.1, -0.05) is 23.5 Å². The zero-order valence-corrected chi connectivity index (χ0v) is 12.6. The van der Waals surface area contributed by atoms with Crippen LogP contribution in [0.5, 0.6) is 0 Å². The summed E-state index contributed by atoms with van der Waals surface area (Å²) in [7, 11) is 0. The highest BCUT2D eigenvalue weighted by molar-refractivity contribution is 7.18. The number of hydrogen-bond donors (Lipinski definition) is 1. The van der Waals surface area contributed by atoms with E-state index < -0.39 is 5.82 Å². The molecular weight excluding hydrogens is 330 g/mol. The Labute approximate surface area is 133 Å². The van der Waals surface area contributed by atoms with Crippen molar-refractivity contribution in [2.45, 2.75) is 6.54 Å². The molecule has 0 fully saturated rings. The van der Waals surface area contributed by atoms with E-state index in [2.05, 4.69) is 20.3 Å². The Morgan fingerprint density at radius 2 is 1.86 bits per heavy atom. The van der Waals surface area contributed by atoms with E-state index in [0.717, 1.165) is 11.8 Å². The second-order valence-corrected chi connectivity index (χ2v) is 5.71. The molecule has 0 atom stereocenters. The molecule has 112 valence electrons. The molecule has 0 aliphatic rings. The Morgan fingerprint density at radius 1 is 1.09 bits per heavy atom. The lowest BCUT2D eigenvalue weighted by atomic mass is 10.2. The highest BCUT2D eigenvalue weighted by Gasteiger charge is 2.12. The molecule has 0 radical (unpaired) electrons. The minimum Gasteiger partial charge on any atom is -0.357 e. The quantitative estimate of drug-likeness (QED) is 0.726. The zero-order chi connectivity index (χ0) is 15.5. The largest absolute Gasteiger partial charge is 0.357 e. The summed E-state index contributed by atoms with van der Waals surface area (Å²) in [6.07, 6.45) is 2.54. The van der Waals surface area contributed by atoms with Crippen LogP contribution in [-0.2, 0) is 6.54 Å². The summed E-state index contributed by atoms with van der Waals surface area (Å²) in [5.41, 5.74) is 1.03. The van der Waals surface area contributed by atoms with Crippen LogP contribution in [0.2, 0.25) is 5.28 Å². The van der Waals surface area contributed by atoms with Gasteiger partial charge in [0.05, 0.1) is 11.1 Å². The predicted molar refractivity (Wildman–Crippen MR) is 81.8 cm³/mol. The third-order valence-corrected chi connectivity index (χ3v) is 3.95. The average molecular weight is 339 g/mol. The van der Waals surface area contributed by atoms with E-state index in [1.165, 1.54) is 29.7 Å². The van der Waals surface area contributed by atoms with Crippen molar-refractivity contribution >= 4 is 28.1 Å². The SMILES string of the molecule is Fc1ccc(CNc2ncc(-c3nc(Cl)ncc3F)s2)cc1. The fourth-order valence-corrected chi connectivity index (χ4v) is 2.70. The molecule has 0 aliphatic carbocycles. The number of benzene rings is 1. The highest BCUT2D eigenvalue weighted by Crippen LogP contribution is 2.29. The fraction of sp³-hybridized carbons (Fsp3) is 0.0714. The van der Waals surface area contributed by atoms with E-state index in [1.807, 2.05) is 0 Å². The lowest BCUT2D eigenvalue weighted by Crippen LogP contribution is -1.98. The van der Waals surface area contributed by atoms with Gasteiger partial charge in [0.1, 0.15) is 11.5 Å². The zero-order valence-electron chi connectivity index (χ0n) is 11.1. The summed E-state index contributed by atoms with van der Waals surface area (Å²) in [4.78, 5) is 12.1. The number of aromatic nitrogens is 3. The van der Waals surface area contributed by atoms with Crippen molar-refractivity contribution < 1.29 is 8.78 Å². The van der Waals surface area contributed by atoms with Crippen molar-refractivity contribution in [2.24, 2.45) is 0 Å². The highest BCUT2D eigenvalue weighted by atomic mass is 35.5. The first kappa shape index (κ1) is 14.8. The van der Waals surface area contributed by atoms with Crippen molar-refractivity contribution in [1.29, 1.82) is 0 Å². The number of anilines is 1. The molecule has 0 saturated heterocycles. The summed E-state index contributed by atoms with van der Waals surface area (Å²) < 4.78 is 26.5. The van der Waals surface area contributed by atoms with Crippen LogP contribution in [-0.4, -0.2) is 15.0 Å². The molecule has 1 N–H and O–H groups in total. The summed E-state index contributed by atoms with van der Waals surface area (Å²) in [6, 6.07) is 6.15. The van der Waals surface area contributed by atoms with E-state index >= 15 is 0 Å². The minimum atomic E-state index is -0.557. The van der Waals surface area contributed by atoms with Crippen LogP contribution < -0.4 is 5.32 Å². The number of nitrogens with one attached hydrogen (secondary N) is 1. The second kappa shape index (κ2) is 6.33. The van der Waals surface area contributed by atoms with Crippen molar-refractivity contribution in [3.05, 3.63) is 59.1 Å². The molecule has 4 nitrogen and oxygen atoms in total. The van der Waals surface area contributed by atoms with Gasteiger partial charge in [0.15, 0.2) is 10.9 Å². The smallest absolute Gasteiger partial charge is 0.223 e. The van der Waals surface area contributed by atoms with E-state index in [1.54, 1.807) is 12.1 Å².